The summed E-state index contributed by atoms with van der Waals surface area (Å²) in [5.41, 5.74) is 1.24. The molecule has 4 heteroatoms. The van der Waals surface area contributed by atoms with Gasteiger partial charge in [0.2, 0.25) is 0 Å². The van der Waals surface area contributed by atoms with Crippen LogP contribution in [0.2, 0.25) is 0 Å². The van der Waals surface area contributed by atoms with Gasteiger partial charge >= 0.3 is 0 Å². The zero-order valence-corrected chi connectivity index (χ0v) is 12.8. The number of nitrogens with one attached hydrogen (secondary N) is 1. The highest BCUT2D eigenvalue weighted by Gasteiger charge is 2.17. The molecule has 0 saturated carbocycles. The highest BCUT2D eigenvalue weighted by Crippen LogP contribution is 2.30. The van der Waals surface area contributed by atoms with Crippen molar-refractivity contribution in [2.24, 2.45) is 0 Å². The SMILES string of the molecule is COc1ccc([C@H](C)N[C@@H]2CCCSC2)cc1OC. The Labute approximate surface area is 120 Å². The van der Waals surface area contributed by atoms with E-state index in [0.29, 0.717) is 12.1 Å². The predicted molar refractivity (Wildman–Crippen MR) is 81.4 cm³/mol. The van der Waals surface area contributed by atoms with Crippen molar-refractivity contribution in [3.05, 3.63) is 23.8 Å². The van der Waals surface area contributed by atoms with Gasteiger partial charge in [-0.15, -0.1) is 0 Å². The van der Waals surface area contributed by atoms with Crippen molar-refractivity contribution in [3.8, 4) is 11.5 Å². The van der Waals surface area contributed by atoms with E-state index in [9.17, 15) is 0 Å². The summed E-state index contributed by atoms with van der Waals surface area (Å²) in [6.45, 7) is 2.21. The molecule has 0 aliphatic carbocycles. The maximum Gasteiger partial charge on any atom is 0.161 e. The van der Waals surface area contributed by atoms with Crippen molar-refractivity contribution in [2.75, 3.05) is 25.7 Å². The van der Waals surface area contributed by atoms with Crippen LogP contribution >= 0.6 is 11.8 Å². The lowest BCUT2D eigenvalue weighted by atomic mass is 10.1. The molecular formula is C15H23NO2S. The van der Waals surface area contributed by atoms with Gasteiger partial charge in [0.15, 0.2) is 11.5 Å². The Morgan fingerprint density at radius 1 is 1.26 bits per heavy atom. The summed E-state index contributed by atoms with van der Waals surface area (Å²) in [7, 11) is 3.34. The zero-order chi connectivity index (χ0) is 13.7. The minimum Gasteiger partial charge on any atom is -0.493 e. The molecule has 106 valence electrons. The third-order valence-electron chi connectivity index (χ3n) is 3.55. The van der Waals surface area contributed by atoms with Gasteiger partial charge in [-0.25, -0.2) is 0 Å². The van der Waals surface area contributed by atoms with Crippen molar-refractivity contribution < 1.29 is 9.47 Å². The third-order valence-corrected chi connectivity index (χ3v) is 4.77. The molecule has 0 radical (unpaired) electrons. The summed E-state index contributed by atoms with van der Waals surface area (Å²) in [6, 6.07) is 7.11. The lowest BCUT2D eigenvalue weighted by Crippen LogP contribution is -2.35. The van der Waals surface area contributed by atoms with E-state index in [2.05, 4.69) is 24.4 Å². The maximum atomic E-state index is 5.36. The van der Waals surface area contributed by atoms with E-state index in [0.717, 1.165) is 11.5 Å². The quantitative estimate of drug-likeness (QED) is 0.897. The van der Waals surface area contributed by atoms with E-state index in [4.69, 9.17) is 9.47 Å². The lowest BCUT2D eigenvalue weighted by Gasteiger charge is -2.26. The molecular weight excluding hydrogens is 258 g/mol. The molecule has 0 bridgehead atoms. The molecule has 1 aromatic carbocycles. The Balaban J connectivity index is 2.03. The smallest absolute Gasteiger partial charge is 0.161 e. The first kappa shape index (κ1) is 14.5. The Hall–Kier alpha value is -0.870. The van der Waals surface area contributed by atoms with Crippen LogP contribution in [0.1, 0.15) is 31.4 Å². The maximum absolute atomic E-state index is 5.36. The molecule has 1 heterocycles. The molecule has 0 spiro atoms. The standard InChI is InChI=1S/C15H23NO2S/c1-11(16-13-5-4-8-19-10-13)12-6-7-14(17-2)15(9-12)18-3/h6-7,9,11,13,16H,4-5,8,10H2,1-3H3/t11-,13+/m0/s1. The lowest BCUT2D eigenvalue weighted by molar-refractivity contribution is 0.353. The number of thioether (sulfide) groups is 1. The molecule has 2 atom stereocenters. The van der Waals surface area contributed by atoms with Crippen molar-refractivity contribution in [1.29, 1.82) is 0 Å². The molecule has 1 aliphatic rings. The molecule has 0 amide bonds. The number of benzene rings is 1. The minimum absolute atomic E-state index is 0.337. The summed E-state index contributed by atoms with van der Waals surface area (Å²) in [5, 5.41) is 3.71. The molecule has 1 aromatic rings. The molecule has 0 aromatic heterocycles. The van der Waals surface area contributed by atoms with Crippen LogP contribution in [-0.4, -0.2) is 31.8 Å². The Morgan fingerprint density at radius 2 is 2.05 bits per heavy atom. The van der Waals surface area contributed by atoms with Crippen molar-refractivity contribution in [3.63, 3.8) is 0 Å². The molecule has 1 aliphatic heterocycles. The number of rotatable bonds is 5. The van der Waals surface area contributed by atoms with Crippen LogP contribution in [0.25, 0.3) is 0 Å². The van der Waals surface area contributed by atoms with Gasteiger partial charge in [-0.1, -0.05) is 6.07 Å². The molecule has 2 rings (SSSR count). The van der Waals surface area contributed by atoms with Gasteiger partial charge in [0.25, 0.3) is 0 Å². The van der Waals surface area contributed by atoms with Gasteiger partial charge in [0, 0.05) is 17.8 Å². The van der Waals surface area contributed by atoms with Crippen LogP contribution in [-0.2, 0) is 0 Å². The molecule has 1 saturated heterocycles. The summed E-state index contributed by atoms with van der Waals surface area (Å²) < 4.78 is 10.6. The summed E-state index contributed by atoms with van der Waals surface area (Å²) >= 11 is 2.05. The first-order chi connectivity index (χ1) is 9.24. The van der Waals surface area contributed by atoms with E-state index >= 15 is 0 Å². The molecule has 0 unspecified atom stereocenters. The second-order valence-corrected chi connectivity index (χ2v) is 6.07. The van der Waals surface area contributed by atoms with Gasteiger partial charge < -0.3 is 14.8 Å². The van der Waals surface area contributed by atoms with Crippen LogP contribution in [0.3, 0.4) is 0 Å². The summed E-state index contributed by atoms with van der Waals surface area (Å²) in [6.07, 6.45) is 2.60. The summed E-state index contributed by atoms with van der Waals surface area (Å²) in [4.78, 5) is 0. The highest BCUT2D eigenvalue weighted by molar-refractivity contribution is 7.99. The fraction of sp³-hybridized carbons (Fsp3) is 0.600. The number of methoxy groups -OCH3 is 2. The van der Waals surface area contributed by atoms with Crippen molar-refractivity contribution in [2.45, 2.75) is 31.8 Å². The van der Waals surface area contributed by atoms with Crippen LogP contribution < -0.4 is 14.8 Å². The van der Waals surface area contributed by atoms with E-state index in [1.165, 1.54) is 29.9 Å². The van der Waals surface area contributed by atoms with Gasteiger partial charge in [-0.05, 0) is 43.2 Å². The average Bonchev–Trinajstić information content (AvgIpc) is 2.47. The van der Waals surface area contributed by atoms with Crippen LogP contribution in [0, 0.1) is 0 Å². The normalized spacial score (nSPS) is 20.9. The van der Waals surface area contributed by atoms with E-state index < -0.39 is 0 Å². The zero-order valence-electron chi connectivity index (χ0n) is 11.9. The largest absolute Gasteiger partial charge is 0.493 e. The molecule has 3 nitrogen and oxygen atoms in total. The Kier molecular flexibility index (Phi) is 5.40. The van der Waals surface area contributed by atoms with E-state index in [1.54, 1.807) is 14.2 Å². The predicted octanol–water partition coefficient (Wildman–Crippen LogP) is 3.25. The number of hydrogen-bond acceptors (Lipinski definition) is 4. The fourth-order valence-corrected chi connectivity index (χ4v) is 3.53. The topological polar surface area (TPSA) is 30.5 Å². The monoisotopic (exact) mass is 281 g/mol. The minimum atomic E-state index is 0.337. The molecule has 19 heavy (non-hydrogen) atoms. The first-order valence-corrected chi connectivity index (χ1v) is 7.95. The molecule has 1 N–H and O–H groups in total. The Morgan fingerprint density at radius 3 is 2.68 bits per heavy atom. The van der Waals surface area contributed by atoms with Gasteiger partial charge in [0.1, 0.15) is 0 Å². The van der Waals surface area contributed by atoms with Gasteiger partial charge in [0.05, 0.1) is 14.2 Å². The Bertz CT molecular complexity index is 405. The summed E-state index contributed by atoms with van der Waals surface area (Å²) in [5.74, 6) is 4.11. The first-order valence-electron chi connectivity index (χ1n) is 6.80. The second kappa shape index (κ2) is 7.06. The van der Waals surface area contributed by atoms with E-state index in [-0.39, 0.29) is 0 Å². The van der Waals surface area contributed by atoms with Crippen LogP contribution in [0.4, 0.5) is 0 Å². The number of hydrogen-bond donors (Lipinski definition) is 1. The van der Waals surface area contributed by atoms with Gasteiger partial charge in [-0.2, -0.15) is 11.8 Å². The van der Waals surface area contributed by atoms with Crippen LogP contribution in [0.15, 0.2) is 18.2 Å². The average molecular weight is 281 g/mol. The van der Waals surface area contributed by atoms with Crippen molar-refractivity contribution >= 4 is 11.8 Å². The second-order valence-electron chi connectivity index (χ2n) is 4.92. The van der Waals surface area contributed by atoms with Crippen molar-refractivity contribution in [1.82, 2.24) is 5.32 Å². The third kappa shape index (κ3) is 3.80. The highest BCUT2D eigenvalue weighted by atomic mass is 32.2. The van der Waals surface area contributed by atoms with Gasteiger partial charge in [-0.3, -0.25) is 0 Å². The molecule has 1 fully saturated rings. The fourth-order valence-electron chi connectivity index (χ4n) is 2.44. The number of ether oxygens (including phenoxy) is 2. The van der Waals surface area contributed by atoms with E-state index in [1.807, 2.05) is 17.8 Å². The van der Waals surface area contributed by atoms with Crippen LogP contribution in [0.5, 0.6) is 11.5 Å².